The van der Waals surface area contributed by atoms with Crippen molar-refractivity contribution in [1.82, 2.24) is 0 Å². The highest BCUT2D eigenvalue weighted by Crippen LogP contribution is 2.19. The molecule has 0 aromatic heterocycles. The van der Waals surface area contributed by atoms with Gasteiger partial charge >= 0.3 is 5.97 Å². The number of hydrogen-bond acceptors (Lipinski definition) is 2. The van der Waals surface area contributed by atoms with Gasteiger partial charge in [-0.2, -0.15) is 0 Å². The van der Waals surface area contributed by atoms with E-state index in [1.54, 1.807) is 0 Å². The first kappa shape index (κ1) is 13.6. The first-order chi connectivity index (χ1) is 8.15. The van der Waals surface area contributed by atoms with E-state index in [1.165, 1.54) is 0 Å². The fraction of sp³-hybridized carbons (Fsp3) is 0.500. The van der Waals surface area contributed by atoms with Crippen molar-refractivity contribution < 1.29 is 9.90 Å². The molecule has 0 spiro atoms. The smallest absolute Gasteiger partial charge is 0.305 e. The highest BCUT2D eigenvalue weighted by Gasteiger charge is 2.14. The number of para-hydroxylation sites is 1. The van der Waals surface area contributed by atoms with Crippen LogP contribution in [0.5, 0.6) is 0 Å². The molecule has 1 rings (SSSR count). The SMILES string of the molecule is CCCC(C)N(CCC(=O)O)c1ccccc1. The zero-order valence-electron chi connectivity index (χ0n) is 10.6. The van der Waals surface area contributed by atoms with Gasteiger partial charge in [0.25, 0.3) is 0 Å². The van der Waals surface area contributed by atoms with Crippen molar-refractivity contribution in [3.8, 4) is 0 Å². The predicted molar refractivity (Wildman–Crippen MR) is 70.4 cm³/mol. The van der Waals surface area contributed by atoms with Gasteiger partial charge in [0.1, 0.15) is 0 Å². The second kappa shape index (κ2) is 6.94. The van der Waals surface area contributed by atoms with Crippen LogP contribution >= 0.6 is 0 Å². The third-order valence-corrected chi connectivity index (χ3v) is 2.89. The van der Waals surface area contributed by atoms with Crippen LogP contribution in [0.25, 0.3) is 0 Å². The number of aliphatic carboxylic acids is 1. The molecule has 1 atom stereocenters. The maximum Gasteiger partial charge on any atom is 0.305 e. The minimum absolute atomic E-state index is 0.183. The monoisotopic (exact) mass is 235 g/mol. The van der Waals surface area contributed by atoms with Gasteiger partial charge in [0.2, 0.25) is 0 Å². The van der Waals surface area contributed by atoms with E-state index < -0.39 is 5.97 Å². The van der Waals surface area contributed by atoms with Gasteiger partial charge in [-0.25, -0.2) is 0 Å². The molecule has 3 nitrogen and oxygen atoms in total. The molecule has 0 radical (unpaired) electrons. The molecule has 17 heavy (non-hydrogen) atoms. The Morgan fingerprint density at radius 3 is 2.53 bits per heavy atom. The van der Waals surface area contributed by atoms with E-state index in [0.717, 1.165) is 18.5 Å². The average molecular weight is 235 g/mol. The summed E-state index contributed by atoms with van der Waals surface area (Å²) in [6.07, 6.45) is 2.37. The van der Waals surface area contributed by atoms with Crippen molar-refractivity contribution in [3.63, 3.8) is 0 Å². The Kier molecular flexibility index (Phi) is 5.53. The number of carboxylic acid groups (broad SMARTS) is 1. The van der Waals surface area contributed by atoms with E-state index >= 15 is 0 Å². The van der Waals surface area contributed by atoms with Crippen molar-refractivity contribution in [2.45, 2.75) is 39.2 Å². The summed E-state index contributed by atoms with van der Waals surface area (Å²) in [7, 11) is 0. The number of nitrogens with zero attached hydrogens (tertiary/aromatic N) is 1. The Morgan fingerprint density at radius 1 is 1.35 bits per heavy atom. The summed E-state index contributed by atoms with van der Waals surface area (Å²) in [6, 6.07) is 10.4. The first-order valence-corrected chi connectivity index (χ1v) is 6.18. The summed E-state index contributed by atoms with van der Waals surface area (Å²) in [5, 5.41) is 8.79. The molecule has 0 saturated carbocycles. The lowest BCUT2D eigenvalue weighted by atomic mass is 10.1. The van der Waals surface area contributed by atoms with Crippen LogP contribution in [0.4, 0.5) is 5.69 Å². The molecule has 94 valence electrons. The van der Waals surface area contributed by atoms with Crippen LogP contribution in [-0.4, -0.2) is 23.7 Å². The van der Waals surface area contributed by atoms with Crippen molar-refractivity contribution in [2.75, 3.05) is 11.4 Å². The van der Waals surface area contributed by atoms with Crippen LogP contribution in [0, 0.1) is 0 Å². The van der Waals surface area contributed by atoms with Gasteiger partial charge in [-0.1, -0.05) is 31.5 Å². The van der Waals surface area contributed by atoms with Crippen LogP contribution < -0.4 is 4.90 Å². The molecular formula is C14H21NO2. The number of carbonyl (C=O) groups is 1. The summed E-state index contributed by atoms with van der Waals surface area (Å²) in [6.45, 7) is 4.87. The second-order valence-corrected chi connectivity index (χ2v) is 4.31. The summed E-state index contributed by atoms with van der Waals surface area (Å²) in [5.74, 6) is -0.741. The molecule has 0 saturated heterocycles. The van der Waals surface area contributed by atoms with Gasteiger partial charge in [-0.05, 0) is 25.5 Å². The third-order valence-electron chi connectivity index (χ3n) is 2.89. The quantitative estimate of drug-likeness (QED) is 0.789. The highest BCUT2D eigenvalue weighted by molar-refractivity contribution is 5.67. The van der Waals surface area contributed by atoms with Gasteiger partial charge in [-0.15, -0.1) is 0 Å². The number of benzene rings is 1. The molecule has 1 aromatic rings. The van der Waals surface area contributed by atoms with Gasteiger partial charge in [0.15, 0.2) is 0 Å². The number of hydrogen-bond donors (Lipinski definition) is 1. The molecule has 0 aliphatic heterocycles. The van der Waals surface area contributed by atoms with Crippen LogP contribution in [0.15, 0.2) is 30.3 Å². The van der Waals surface area contributed by atoms with Crippen LogP contribution in [0.3, 0.4) is 0 Å². The fourth-order valence-electron chi connectivity index (χ4n) is 2.01. The van der Waals surface area contributed by atoms with Gasteiger partial charge in [-0.3, -0.25) is 4.79 Å². The molecule has 0 heterocycles. The summed E-state index contributed by atoms with van der Waals surface area (Å²) < 4.78 is 0. The van der Waals surface area contributed by atoms with Crippen molar-refractivity contribution in [1.29, 1.82) is 0 Å². The third kappa shape index (κ3) is 4.47. The topological polar surface area (TPSA) is 40.5 Å². The zero-order chi connectivity index (χ0) is 12.7. The molecule has 0 bridgehead atoms. The van der Waals surface area contributed by atoms with Crippen LogP contribution in [0.2, 0.25) is 0 Å². The van der Waals surface area contributed by atoms with E-state index in [0.29, 0.717) is 12.6 Å². The number of anilines is 1. The summed E-state index contributed by atoms with van der Waals surface area (Å²) in [5.41, 5.74) is 1.11. The average Bonchev–Trinajstić information content (AvgIpc) is 2.30. The normalized spacial score (nSPS) is 12.1. The van der Waals surface area contributed by atoms with E-state index in [4.69, 9.17) is 5.11 Å². The molecular weight excluding hydrogens is 214 g/mol. The summed E-state index contributed by atoms with van der Waals surface area (Å²) in [4.78, 5) is 12.9. The van der Waals surface area contributed by atoms with Crippen molar-refractivity contribution in [2.24, 2.45) is 0 Å². The van der Waals surface area contributed by atoms with Crippen LogP contribution in [-0.2, 0) is 4.79 Å². The van der Waals surface area contributed by atoms with Gasteiger partial charge in [0, 0.05) is 18.3 Å². The number of rotatable bonds is 7. The lowest BCUT2D eigenvalue weighted by Gasteiger charge is -2.31. The molecule has 3 heteroatoms. The minimum atomic E-state index is -0.741. The molecule has 0 aliphatic carbocycles. The molecule has 1 aromatic carbocycles. The van der Waals surface area contributed by atoms with E-state index in [1.807, 2.05) is 30.3 Å². The Labute approximate surface area is 103 Å². The maximum atomic E-state index is 10.7. The standard InChI is InChI=1S/C14H21NO2/c1-3-7-12(2)15(11-10-14(16)17)13-8-5-4-6-9-13/h4-6,8-9,12H,3,7,10-11H2,1-2H3,(H,16,17). The van der Waals surface area contributed by atoms with Crippen molar-refractivity contribution in [3.05, 3.63) is 30.3 Å². The summed E-state index contributed by atoms with van der Waals surface area (Å²) >= 11 is 0. The Hall–Kier alpha value is -1.51. The van der Waals surface area contributed by atoms with Crippen molar-refractivity contribution >= 4 is 11.7 Å². The van der Waals surface area contributed by atoms with E-state index in [-0.39, 0.29) is 6.42 Å². The van der Waals surface area contributed by atoms with Gasteiger partial charge in [0.05, 0.1) is 6.42 Å². The maximum absolute atomic E-state index is 10.7. The molecule has 0 fully saturated rings. The minimum Gasteiger partial charge on any atom is -0.481 e. The fourth-order valence-corrected chi connectivity index (χ4v) is 2.01. The molecule has 0 aliphatic rings. The zero-order valence-corrected chi connectivity index (χ0v) is 10.6. The number of carboxylic acids is 1. The Bertz CT molecular complexity index is 337. The lowest BCUT2D eigenvalue weighted by molar-refractivity contribution is -0.136. The van der Waals surface area contributed by atoms with Crippen LogP contribution in [0.1, 0.15) is 33.1 Å². The molecule has 1 N–H and O–H groups in total. The Morgan fingerprint density at radius 2 is 2.00 bits per heavy atom. The second-order valence-electron chi connectivity index (χ2n) is 4.31. The highest BCUT2D eigenvalue weighted by atomic mass is 16.4. The molecule has 1 unspecified atom stereocenters. The largest absolute Gasteiger partial charge is 0.481 e. The molecule has 0 amide bonds. The Balaban J connectivity index is 2.75. The van der Waals surface area contributed by atoms with E-state index in [2.05, 4.69) is 18.7 Å². The lowest BCUT2D eigenvalue weighted by Crippen LogP contribution is -2.34. The van der Waals surface area contributed by atoms with Gasteiger partial charge < -0.3 is 10.0 Å². The van der Waals surface area contributed by atoms with E-state index in [9.17, 15) is 4.79 Å². The predicted octanol–water partition coefficient (Wildman–Crippen LogP) is 3.16. The first-order valence-electron chi connectivity index (χ1n) is 6.18.